The van der Waals surface area contributed by atoms with Crippen molar-refractivity contribution in [3.05, 3.63) is 41.5 Å². The monoisotopic (exact) mass is 269 g/mol. The van der Waals surface area contributed by atoms with Gasteiger partial charge in [0.05, 0.1) is 12.1 Å². The molecule has 0 aliphatic heterocycles. The van der Waals surface area contributed by atoms with Crippen LogP contribution < -0.4 is 5.32 Å². The molecule has 0 saturated carbocycles. The van der Waals surface area contributed by atoms with Crippen molar-refractivity contribution in [3.8, 4) is 0 Å². The number of allylic oxidation sites excluding steroid dienone is 1. The fourth-order valence-electron chi connectivity index (χ4n) is 1.49. The van der Waals surface area contributed by atoms with Gasteiger partial charge in [-0.25, -0.2) is 8.78 Å². The lowest BCUT2D eigenvalue weighted by Gasteiger charge is -2.22. The van der Waals surface area contributed by atoms with E-state index in [0.717, 1.165) is 12.1 Å². The molecule has 0 bridgehead atoms. The van der Waals surface area contributed by atoms with E-state index in [4.69, 9.17) is 5.11 Å². The van der Waals surface area contributed by atoms with Gasteiger partial charge in [-0.05, 0) is 38.5 Å². The molecule has 0 radical (unpaired) electrons. The number of halogens is 2. The molecule has 19 heavy (non-hydrogen) atoms. The molecule has 0 atom stereocenters. The highest BCUT2D eigenvalue weighted by atomic mass is 19.1. The van der Waals surface area contributed by atoms with Gasteiger partial charge in [-0.3, -0.25) is 4.79 Å². The fourth-order valence-corrected chi connectivity index (χ4v) is 1.49. The largest absolute Gasteiger partial charge is 0.394 e. The smallest absolute Gasteiger partial charge is 0.244 e. The summed E-state index contributed by atoms with van der Waals surface area (Å²) >= 11 is 0. The van der Waals surface area contributed by atoms with Gasteiger partial charge in [-0.1, -0.05) is 0 Å². The molecule has 104 valence electrons. The molecule has 1 rings (SSSR count). The first-order chi connectivity index (χ1) is 8.75. The van der Waals surface area contributed by atoms with Crippen molar-refractivity contribution in [2.45, 2.75) is 26.3 Å². The highest BCUT2D eigenvalue weighted by molar-refractivity contribution is 5.95. The minimum atomic E-state index is -0.755. The molecule has 1 aromatic rings. The highest BCUT2D eigenvalue weighted by Gasteiger charge is 2.18. The molecule has 3 nitrogen and oxygen atoms in total. The van der Waals surface area contributed by atoms with Crippen molar-refractivity contribution in [2.75, 3.05) is 6.61 Å². The molecule has 0 spiro atoms. The van der Waals surface area contributed by atoms with E-state index >= 15 is 0 Å². The van der Waals surface area contributed by atoms with E-state index in [2.05, 4.69) is 5.32 Å². The van der Waals surface area contributed by atoms with Crippen molar-refractivity contribution >= 4 is 11.5 Å². The summed E-state index contributed by atoms with van der Waals surface area (Å²) in [4.78, 5) is 11.7. The molecular formula is C14H17F2NO2. The molecule has 2 N–H and O–H groups in total. The maximum atomic E-state index is 13.5. The van der Waals surface area contributed by atoms with Crippen molar-refractivity contribution in [3.63, 3.8) is 0 Å². The lowest BCUT2D eigenvalue weighted by Crippen LogP contribution is -2.45. The van der Waals surface area contributed by atoms with Crippen LogP contribution in [0.5, 0.6) is 0 Å². The number of hydrogen-bond donors (Lipinski definition) is 2. The predicted molar refractivity (Wildman–Crippen MR) is 69.3 cm³/mol. The Morgan fingerprint density at radius 1 is 1.42 bits per heavy atom. The summed E-state index contributed by atoms with van der Waals surface area (Å²) in [5, 5.41) is 11.6. The minimum Gasteiger partial charge on any atom is -0.394 e. The maximum absolute atomic E-state index is 13.5. The third-order valence-corrected chi connectivity index (χ3v) is 2.56. The van der Waals surface area contributed by atoms with Crippen LogP contribution in [0.4, 0.5) is 8.78 Å². The molecule has 0 fully saturated rings. The Kier molecular flexibility index (Phi) is 4.78. The topological polar surface area (TPSA) is 49.3 Å². The molecule has 0 saturated heterocycles. The molecule has 0 heterocycles. The second-order valence-electron chi connectivity index (χ2n) is 4.98. The third kappa shape index (κ3) is 4.44. The van der Waals surface area contributed by atoms with Crippen LogP contribution in [-0.4, -0.2) is 23.2 Å². The van der Waals surface area contributed by atoms with Crippen LogP contribution in [0.1, 0.15) is 26.3 Å². The average Bonchev–Trinajstić information content (AvgIpc) is 2.27. The van der Waals surface area contributed by atoms with Crippen LogP contribution in [0, 0.1) is 11.6 Å². The van der Waals surface area contributed by atoms with Crippen molar-refractivity contribution < 1.29 is 18.7 Å². The summed E-state index contributed by atoms with van der Waals surface area (Å²) in [5.74, 6) is -1.83. The van der Waals surface area contributed by atoms with Gasteiger partial charge in [0.2, 0.25) is 5.91 Å². The highest BCUT2D eigenvalue weighted by Crippen LogP contribution is 2.18. The Hall–Kier alpha value is -1.75. The van der Waals surface area contributed by atoms with Gasteiger partial charge in [0.25, 0.3) is 0 Å². The fraction of sp³-hybridized carbons (Fsp3) is 0.357. The second-order valence-corrected chi connectivity index (χ2v) is 4.98. The lowest BCUT2D eigenvalue weighted by molar-refractivity contribution is -0.118. The average molecular weight is 269 g/mol. The van der Waals surface area contributed by atoms with E-state index in [9.17, 15) is 13.6 Å². The summed E-state index contributed by atoms with van der Waals surface area (Å²) in [6.45, 7) is 4.66. The van der Waals surface area contributed by atoms with Gasteiger partial charge in [-0.15, -0.1) is 0 Å². The summed E-state index contributed by atoms with van der Waals surface area (Å²) in [6.07, 6.45) is 1.22. The maximum Gasteiger partial charge on any atom is 0.244 e. The number of aliphatic hydroxyl groups is 1. The Morgan fingerprint density at radius 3 is 2.58 bits per heavy atom. The number of rotatable bonds is 4. The molecule has 5 heteroatoms. The van der Waals surface area contributed by atoms with Gasteiger partial charge in [0.15, 0.2) is 0 Å². The quantitative estimate of drug-likeness (QED) is 0.824. The molecule has 1 amide bonds. The Balaban J connectivity index is 2.90. The number of amides is 1. The van der Waals surface area contributed by atoms with Crippen LogP contribution in [-0.2, 0) is 4.79 Å². The zero-order valence-electron chi connectivity index (χ0n) is 11.1. The van der Waals surface area contributed by atoms with Crippen LogP contribution >= 0.6 is 0 Å². The van der Waals surface area contributed by atoms with Gasteiger partial charge in [0, 0.05) is 17.7 Å². The van der Waals surface area contributed by atoms with E-state index in [1.54, 1.807) is 20.8 Å². The normalized spacial score (nSPS) is 12.4. The van der Waals surface area contributed by atoms with Crippen LogP contribution in [0.25, 0.3) is 5.57 Å². The SMILES string of the molecule is C/C(=C/C(=O)NC(C)(C)CO)c1ccc(F)cc1F. The zero-order chi connectivity index (χ0) is 14.6. The minimum absolute atomic E-state index is 0.165. The summed E-state index contributed by atoms with van der Waals surface area (Å²) < 4.78 is 26.3. The number of aliphatic hydroxyl groups excluding tert-OH is 1. The van der Waals surface area contributed by atoms with Crippen molar-refractivity contribution in [2.24, 2.45) is 0 Å². The lowest BCUT2D eigenvalue weighted by atomic mass is 10.0. The first-order valence-corrected chi connectivity index (χ1v) is 5.82. The van der Waals surface area contributed by atoms with E-state index in [1.807, 2.05) is 0 Å². The summed E-state index contributed by atoms with van der Waals surface area (Å²) in [7, 11) is 0. The van der Waals surface area contributed by atoms with E-state index in [1.165, 1.54) is 12.1 Å². The van der Waals surface area contributed by atoms with Crippen molar-refractivity contribution in [1.29, 1.82) is 0 Å². The van der Waals surface area contributed by atoms with Gasteiger partial charge >= 0.3 is 0 Å². The molecule has 0 aliphatic carbocycles. The van der Waals surface area contributed by atoms with Crippen LogP contribution in [0.3, 0.4) is 0 Å². The number of nitrogens with one attached hydrogen (secondary N) is 1. The summed E-state index contributed by atoms with van der Waals surface area (Å²) in [5.41, 5.74) is -0.211. The first-order valence-electron chi connectivity index (χ1n) is 5.82. The molecule has 0 unspecified atom stereocenters. The van der Waals surface area contributed by atoms with E-state index in [-0.39, 0.29) is 12.2 Å². The Labute approximate surface area is 110 Å². The van der Waals surface area contributed by atoms with E-state index < -0.39 is 23.1 Å². The first kappa shape index (κ1) is 15.3. The van der Waals surface area contributed by atoms with Crippen molar-refractivity contribution in [1.82, 2.24) is 5.32 Å². The molecular weight excluding hydrogens is 252 g/mol. The zero-order valence-corrected chi connectivity index (χ0v) is 11.1. The van der Waals surface area contributed by atoms with E-state index in [0.29, 0.717) is 5.57 Å². The number of hydrogen-bond acceptors (Lipinski definition) is 2. The Bertz CT molecular complexity index is 510. The molecule has 0 aliphatic rings. The second kappa shape index (κ2) is 5.93. The van der Waals surface area contributed by atoms with Gasteiger partial charge in [-0.2, -0.15) is 0 Å². The van der Waals surface area contributed by atoms with Crippen LogP contribution in [0.2, 0.25) is 0 Å². The number of benzene rings is 1. The number of carbonyl (C=O) groups is 1. The number of carbonyl (C=O) groups excluding carboxylic acids is 1. The van der Waals surface area contributed by atoms with Crippen LogP contribution in [0.15, 0.2) is 24.3 Å². The third-order valence-electron chi connectivity index (χ3n) is 2.56. The van der Waals surface area contributed by atoms with Gasteiger partial charge in [0.1, 0.15) is 11.6 Å². The summed E-state index contributed by atoms with van der Waals surface area (Å²) in [6, 6.07) is 3.18. The molecule has 0 aromatic heterocycles. The predicted octanol–water partition coefficient (Wildman–Crippen LogP) is 2.26. The Morgan fingerprint density at radius 2 is 2.05 bits per heavy atom. The van der Waals surface area contributed by atoms with Gasteiger partial charge < -0.3 is 10.4 Å². The standard InChI is InChI=1S/C14H17F2NO2/c1-9(6-13(19)17-14(2,3)8-18)11-5-4-10(15)7-12(11)16/h4-7,18H,8H2,1-3H3,(H,17,19)/b9-6-. The molecule has 1 aromatic carbocycles.